The Kier molecular flexibility index (Phi) is 8.51. The van der Waals surface area contributed by atoms with Gasteiger partial charge in [-0.1, -0.05) is 13.8 Å². The largest absolute Gasteiger partial charge is 0.376 e. The van der Waals surface area contributed by atoms with Crippen LogP contribution >= 0.6 is 23.7 Å². The van der Waals surface area contributed by atoms with Crippen LogP contribution in [0.1, 0.15) is 25.1 Å². The maximum atomic E-state index is 5.99. The van der Waals surface area contributed by atoms with Crippen molar-refractivity contribution in [1.82, 2.24) is 14.8 Å². The first kappa shape index (κ1) is 18.6. The van der Waals surface area contributed by atoms with Gasteiger partial charge in [0.25, 0.3) is 0 Å². The van der Waals surface area contributed by atoms with Gasteiger partial charge in [-0.3, -0.25) is 4.90 Å². The lowest BCUT2D eigenvalue weighted by Crippen LogP contribution is -2.29. The molecule has 1 aliphatic rings. The van der Waals surface area contributed by atoms with E-state index in [1.807, 2.05) is 6.20 Å². The molecule has 2 heterocycles. The summed E-state index contributed by atoms with van der Waals surface area (Å²) in [6, 6.07) is 0. The average molecular weight is 335 g/mol. The highest BCUT2D eigenvalue weighted by Gasteiger charge is 2.23. The van der Waals surface area contributed by atoms with E-state index >= 15 is 0 Å². The Morgan fingerprint density at radius 3 is 2.86 bits per heavy atom. The topological polar surface area (TPSA) is 54.6 Å². The van der Waals surface area contributed by atoms with E-state index in [-0.39, 0.29) is 12.4 Å². The van der Waals surface area contributed by atoms with E-state index in [0.29, 0.717) is 11.2 Å². The summed E-state index contributed by atoms with van der Waals surface area (Å²) in [5.74, 6) is 0. The Morgan fingerprint density at radius 1 is 1.48 bits per heavy atom. The molecule has 5 nitrogen and oxygen atoms in total. The van der Waals surface area contributed by atoms with Crippen LogP contribution in [0, 0.1) is 0 Å². The molecule has 1 aromatic heterocycles. The fourth-order valence-electron chi connectivity index (χ4n) is 2.58. The summed E-state index contributed by atoms with van der Waals surface area (Å²) in [4.78, 5) is 10.2. The number of rotatable bonds is 8. The van der Waals surface area contributed by atoms with Crippen molar-refractivity contribution in [3.05, 3.63) is 11.1 Å². The van der Waals surface area contributed by atoms with Gasteiger partial charge < -0.3 is 15.4 Å². The van der Waals surface area contributed by atoms with Crippen LogP contribution in [0.5, 0.6) is 0 Å². The van der Waals surface area contributed by atoms with Crippen LogP contribution in [-0.2, 0) is 11.3 Å². The lowest BCUT2D eigenvalue weighted by Gasteiger charge is -2.20. The van der Waals surface area contributed by atoms with Crippen LogP contribution in [0.4, 0.5) is 5.13 Å². The molecule has 1 unspecified atom stereocenters. The Labute approximate surface area is 137 Å². The molecule has 1 aliphatic heterocycles. The number of anilines is 1. The fourth-order valence-corrected chi connectivity index (χ4v) is 3.31. The predicted octanol–water partition coefficient (Wildman–Crippen LogP) is 2.08. The minimum Gasteiger partial charge on any atom is -0.376 e. The van der Waals surface area contributed by atoms with Crippen molar-refractivity contribution in [2.45, 2.75) is 32.9 Å². The normalized spacial score (nSPS) is 19.1. The molecule has 2 N–H and O–H groups in total. The zero-order valence-electron chi connectivity index (χ0n) is 13.0. The SMILES string of the molecule is CCN(CC)CCOC1CCN(Cc2cnc(N)s2)C1.Cl. The van der Waals surface area contributed by atoms with Crippen molar-refractivity contribution in [3.8, 4) is 0 Å². The van der Waals surface area contributed by atoms with Crippen LogP contribution in [0.15, 0.2) is 6.20 Å². The Hall–Kier alpha value is -0.400. The van der Waals surface area contributed by atoms with E-state index in [4.69, 9.17) is 10.5 Å². The summed E-state index contributed by atoms with van der Waals surface area (Å²) in [5, 5.41) is 0.659. The molecule has 0 amide bonds. The third kappa shape index (κ3) is 6.08. The van der Waals surface area contributed by atoms with Crippen LogP contribution in [0.25, 0.3) is 0 Å². The average Bonchev–Trinajstić information content (AvgIpc) is 3.05. The number of likely N-dealkylation sites (N-methyl/N-ethyl adjacent to an activating group) is 1. The molecule has 1 saturated heterocycles. The van der Waals surface area contributed by atoms with Crippen molar-refractivity contribution in [1.29, 1.82) is 0 Å². The van der Waals surface area contributed by atoms with Gasteiger partial charge in [-0.25, -0.2) is 4.98 Å². The molecule has 1 atom stereocenters. The minimum atomic E-state index is 0. The molecule has 122 valence electrons. The monoisotopic (exact) mass is 334 g/mol. The van der Waals surface area contributed by atoms with Crippen LogP contribution < -0.4 is 5.73 Å². The first-order valence-corrected chi connectivity index (χ1v) is 8.29. The van der Waals surface area contributed by atoms with Gasteiger partial charge in [-0.2, -0.15) is 0 Å². The second-order valence-electron chi connectivity index (χ2n) is 5.21. The molecule has 0 saturated carbocycles. The third-order valence-corrected chi connectivity index (χ3v) is 4.65. The highest BCUT2D eigenvalue weighted by atomic mass is 35.5. The van der Waals surface area contributed by atoms with E-state index < -0.39 is 0 Å². The summed E-state index contributed by atoms with van der Waals surface area (Å²) in [7, 11) is 0. The van der Waals surface area contributed by atoms with Gasteiger partial charge >= 0.3 is 0 Å². The van der Waals surface area contributed by atoms with Crippen LogP contribution in [-0.4, -0.2) is 60.2 Å². The molecule has 1 fully saturated rings. The van der Waals surface area contributed by atoms with Crippen molar-refractivity contribution in [2.75, 3.05) is 45.1 Å². The number of nitrogens with zero attached hydrogens (tertiary/aromatic N) is 3. The molecular weight excluding hydrogens is 308 g/mol. The number of likely N-dealkylation sites (tertiary alicyclic amines) is 1. The number of nitrogen functional groups attached to an aromatic ring is 1. The molecule has 0 spiro atoms. The molecule has 21 heavy (non-hydrogen) atoms. The van der Waals surface area contributed by atoms with Crippen molar-refractivity contribution < 1.29 is 4.74 Å². The summed E-state index contributed by atoms with van der Waals surface area (Å²) >= 11 is 1.58. The van der Waals surface area contributed by atoms with Gasteiger partial charge in [-0.05, 0) is 19.5 Å². The molecule has 0 radical (unpaired) electrons. The van der Waals surface area contributed by atoms with E-state index in [9.17, 15) is 0 Å². The van der Waals surface area contributed by atoms with Gasteiger partial charge in [0.15, 0.2) is 5.13 Å². The Balaban J connectivity index is 0.00000220. The highest BCUT2D eigenvalue weighted by molar-refractivity contribution is 7.15. The standard InChI is InChI=1S/C14H26N4OS.ClH/c1-3-17(4-2)7-8-19-12-5-6-18(10-12)11-13-9-16-14(15)20-13;/h9,12H,3-8,10-11H2,1-2H3,(H2,15,16);1H. The molecule has 1 aromatic rings. The van der Waals surface area contributed by atoms with Gasteiger partial charge in [0.1, 0.15) is 0 Å². The van der Waals surface area contributed by atoms with Gasteiger partial charge in [0.05, 0.1) is 12.7 Å². The second-order valence-corrected chi connectivity index (χ2v) is 6.36. The summed E-state index contributed by atoms with van der Waals surface area (Å²) in [5.41, 5.74) is 5.66. The zero-order valence-corrected chi connectivity index (χ0v) is 14.6. The minimum absolute atomic E-state index is 0. The number of aromatic nitrogens is 1. The predicted molar refractivity (Wildman–Crippen MR) is 91.2 cm³/mol. The van der Waals surface area contributed by atoms with E-state index in [1.54, 1.807) is 11.3 Å². The van der Waals surface area contributed by atoms with Crippen molar-refractivity contribution >= 4 is 28.9 Å². The smallest absolute Gasteiger partial charge is 0.180 e. The summed E-state index contributed by atoms with van der Waals surface area (Å²) in [6.45, 7) is 11.5. The number of thiazole rings is 1. The lowest BCUT2D eigenvalue weighted by atomic mass is 10.3. The van der Waals surface area contributed by atoms with Crippen LogP contribution in [0.3, 0.4) is 0 Å². The van der Waals surface area contributed by atoms with Gasteiger partial charge in [0.2, 0.25) is 0 Å². The van der Waals surface area contributed by atoms with E-state index in [1.165, 1.54) is 4.88 Å². The number of hydrogen-bond acceptors (Lipinski definition) is 6. The number of hydrogen-bond donors (Lipinski definition) is 1. The van der Waals surface area contributed by atoms with E-state index in [0.717, 1.165) is 52.3 Å². The van der Waals surface area contributed by atoms with Crippen LogP contribution in [0.2, 0.25) is 0 Å². The fraction of sp³-hybridized carbons (Fsp3) is 0.786. The van der Waals surface area contributed by atoms with Gasteiger partial charge in [0, 0.05) is 37.3 Å². The highest BCUT2D eigenvalue weighted by Crippen LogP contribution is 2.20. The van der Waals surface area contributed by atoms with Crippen molar-refractivity contribution in [3.63, 3.8) is 0 Å². The Bertz CT molecular complexity index is 400. The van der Waals surface area contributed by atoms with Gasteiger partial charge in [-0.15, -0.1) is 23.7 Å². The second kappa shape index (κ2) is 9.58. The first-order valence-electron chi connectivity index (χ1n) is 7.47. The molecule has 0 bridgehead atoms. The first-order chi connectivity index (χ1) is 9.71. The lowest BCUT2D eigenvalue weighted by molar-refractivity contribution is 0.0440. The summed E-state index contributed by atoms with van der Waals surface area (Å²) in [6.07, 6.45) is 3.40. The summed E-state index contributed by atoms with van der Waals surface area (Å²) < 4.78 is 5.99. The maximum Gasteiger partial charge on any atom is 0.180 e. The number of nitrogens with two attached hydrogens (primary N) is 1. The Morgan fingerprint density at radius 2 is 2.24 bits per heavy atom. The number of halogens is 1. The zero-order chi connectivity index (χ0) is 14.4. The molecule has 0 aliphatic carbocycles. The maximum absolute atomic E-state index is 5.99. The molecule has 0 aromatic carbocycles. The third-order valence-electron chi connectivity index (χ3n) is 3.84. The van der Waals surface area contributed by atoms with E-state index in [2.05, 4.69) is 28.6 Å². The number of ether oxygens (including phenoxy) is 1. The molecule has 2 rings (SSSR count). The quantitative estimate of drug-likeness (QED) is 0.788. The van der Waals surface area contributed by atoms with Crippen molar-refractivity contribution in [2.24, 2.45) is 0 Å². The molecular formula is C14H27ClN4OS. The molecule has 7 heteroatoms.